The maximum atomic E-state index is 12.9. The van der Waals surface area contributed by atoms with Crippen LogP contribution in [-0.2, 0) is 16.4 Å². The maximum absolute atomic E-state index is 12.9. The number of piperidine rings is 1. The summed E-state index contributed by atoms with van der Waals surface area (Å²) in [7, 11) is -0.314. The molecule has 0 unspecified atom stereocenters. The van der Waals surface area contributed by atoms with Crippen LogP contribution in [0.2, 0.25) is 0 Å². The van der Waals surface area contributed by atoms with E-state index in [0.29, 0.717) is 24.6 Å². The van der Waals surface area contributed by atoms with Crippen molar-refractivity contribution in [3.8, 4) is 5.75 Å². The number of aryl methyl sites for hydroxylation is 1. The molecule has 0 atom stereocenters. The Labute approximate surface area is 172 Å². The van der Waals surface area contributed by atoms with Gasteiger partial charge in [0.05, 0.1) is 12.0 Å². The van der Waals surface area contributed by atoms with E-state index in [-0.39, 0.29) is 10.8 Å². The van der Waals surface area contributed by atoms with Crippen LogP contribution in [0.5, 0.6) is 5.75 Å². The maximum Gasteiger partial charge on any atom is 0.251 e. The van der Waals surface area contributed by atoms with Crippen molar-refractivity contribution in [1.29, 1.82) is 0 Å². The predicted molar refractivity (Wildman–Crippen MR) is 113 cm³/mol. The third kappa shape index (κ3) is 5.16. The second-order valence-corrected chi connectivity index (χ2v) is 9.28. The molecule has 7 heteroatoms. The zero-order valence-corrected chi connectivity index (χ0v) is 17.7. The minimum Gasteiger partial charge on any atom is -0.497 e. The second-order valence-electron chi connectivity index (χ2n) is 7.34. The van der Waals surface area contributed by atoms with E-state index in [9.17, 15) is 13.2 Å². The number of methoxy groups -OCH3 is 1. The molecule has 0 aliphatic carbocycles. The summed E-state index contributed by atoms with van der Waals surface area (Å²) < 4.78 is 32.5. The number of rotatable bonds is 7. The Morgan fingerprint density at radius 2 is 1.69 bits per heavy atom. The number of benzene rings is 2. The van der Waals surface area contributed by atoms with Gasteiger partial charge in [-0.25, -0.2) is 8.42 Å². The van der Waals surface area contributed by atoms with E-state index in [0.717, 1.165) is 31.4 Å². The van der Waals surface area contributed by atoms with Crippen LogP contribution in [0.3, 0.4) is 0 Å². The molecular weight excluding hydrogens is 388 g/mol. The Kier molecular flexibility index (Phi) is 6.92. The van der Waals surface area contributed by atoms with Gasteiger partial charge in [-0.15, -0.1) is 0 Å². The molecule has 1 fully saturated rings. The molecule has 0 radical (unpaired) electrons. The zero-order valence-electron chi connectivity index (χ0n) is 16.9. The van der Waals surface area contributed by atoms with E-state index >= 15 is 0 Å². The van der Waals surface area contributed by atoms with Crippen molar-refractivity contribution in [2.24, 2.45) is 5.92 Å². The van der Waals surface area contributed by atoms with E-state index < -0.39 is 10.0 Å². The van der Waals surface area contributed by atoms with Gasteiger partial charge in [0.25, 0.3) is 5.91 Å². The first-order valence-corrected chi connectivity index (χ1v) is 11.3. The summed E-state index contributed by atoms with van der Waals surface area (Å²) in [6, 6.07) is 14.2. The van der Waals surface area contributed by atoms with E-state index in [4.69, 9.17) is 4.74 Å². The summed E-state index contributed by atoms with van der Waals surface area (Å²) in [5.74, 6) is 1.15. The SMILES string of the molecule is CNC(=O)c1ccc(S(=O)(=O)N2CCC(CCc3ccc(OC)cc3)CC2)cc1. The number of nitrogens with one attached hydrogen (secondary N) is 1. The van der Waals surface area contributed by atoms with Crippen molar-refractivity contribution in [3.05, 3.63) is 59.7 Å². The van der Waals surface area contributed by atoms with Crippen molar-refractivity contribution >= 4 is 15.9 Å². The number of hydrogen-bond donors (Lipinski definition) is 1. The molecule has 156 valence electrons. The minimum absolute atomic E-state index is 0.230. The molecule has 0 bridgehead atoms. The van der Waals surface area contributed by atoms with Crippen LogP contribution in [0.15, 0.2) is 53.4 Å². The van der Waals surface area contributed by atoms with Crippen molar-refractivity contribution in [2.75, 3.05) is 27.2 Å². The summed E-state index contributed by atoms with van der Waals surface area (Å²) in [4.78, 5) is 11.9. The number of hydrogen-bond acceptors (Lipinski definition) is 4. The van der Waals surface area contributed by atoms with Crippen LogP contribution in [0.4, 0.5) is 0 Å². The molecule has 1 amide bonds. The molecule has 3 rings (SSSR count). The lowest BCUT2D eigenvalue weighted by Crippen LogP contribution is -2.38. The van der Waals surface area contributed by atoms with E-state index in [2.05, 4.69) is 17.4 Å². The summed E-state index contributed by atoms with van der Waals surface area (Å²) in [6.07, 6.45) is 3.78. The molecule has 6 nitrogen and oxygen atoms in total. The quantitative estimate of drug-likeness (QED) is 0.753. The predicted octanol–water partition coefficient (Wildman–Crippen LogP) is 3.09. The van der Waals surface area contributed by atoms with E-state index in [1.54, 1.807) is 30.6 Å². The van der Waals surface area contributed by atoms with Gasteiger partial charge in [0.1, 0.15) is 5.75 Å². The number of sulfonamides is 1. The van der Waals surface area contributed by atoms with Gasteiger partial charge in [-0.05, 0) is 73.6 Å². The van der Waals surface area contributed by atoms with E-state index in [1.165, 1.54) is 17.7 Å². The monoisotopic (exact) mass is 416 g/mol. The highest BCUT2D eigenvalue weighted by atomic mass is 32.2. The van der Waals surface area contributed by atoms with Crippen LogP contribution in [0.25, 0.3) is 0 Å². The second kappa shape index (κ2) is 9.41. The number of ether oxygens (including phenoxy) is 1. The van der Waals surface area contributed by atoms with Crippen LogP contribution < -0.4 is 10.1 Å². The molecule has 2 aromatic rings. The molecule has 0 saturated carbocycles. The van der Waals surface area contributed by atoms with Crippen molar-refractivity contribution in [2.45, 2.75) is 30.6 Å². The summed E-state index contributed by atoms with van der Waals surface area (Å²) in [6.45, 7) is 1.07. The summed E-state index contributed by atoms with van der Waals surface area (Å²) in [5.41, 5.74) is 1.72. The molecule has 1 N–H and O–H groups in total. The smallest absolute Gasteiger partial charge is 0.251 e. The van der Waals surface area contributed by atoms with Gasteiger partial charge in [-0.2, -0.15) is 4.31 Å². The average Bonchev–Trinajstić information content (AvgIpc) is 2.78. The summed E-state index contributed by atoms with van der Waals surface area (Å²) >= 11 is 0. The fourth-order valence-corrected chi connectivity index (χ4v) is 5.14. The lowest BCUT2D eigenvalue weighted by Gasteiger charge is -2.31. The Bertz CT molecular complexity index is 916. The van der Waals surface area contributed by atoms with Gasteiger partial charge in [0.2, 0.25) is 10.0 Å². The lowest BCUT2D eigenvalue weighted by molar-refractivity contribution is 0.0963. The third-order valence-corrected chi connectivity index (χ3v) is 7.47. The number of carbonyl (C=O) groups excluding carboxylic acids is 1. The average molecular weight is 417 g/mol. The minimum atomic E-state index is -3.52. The van der Waals surface area contributed by atoms with Crippen LogP contribution in [0, 0.1) is 5.92 Å². The molecule has 0 spiro atoms. The molecule has 29 heavy (non-hydrogen) atoms. The first kappa shape index (κ1) is 21.3. The van der Waals surface area contributed by atoms with Crippen molar-refractivity contribution in [1.82, 2.24) is 9.62 Å². The third-order valence-electron chi connectivity index (χ3n) is 5.56. The van der Waals surface area contributed by atoms with Gasteiger partial charge < -0.3 is 10.1 Å². The molecular formula is C22H28N2O4S. The highest BCUT2D eigenvalue weighted by Gasteiger charge is 2.29. The van der Waals surface area contributed by atoms with Crippen molar-refractivity contribution < 1.29 is 17.9 Å². The molecule has 1 saturated heterocycles. The molecule has 0 aromatic heterocycles. The lowest BCUT2D eigenvalue weighted by atomic mass is 9.91. The number of nitrogens with zero attached hydrogens (tertiary/aromatic N) is 1. The molecule has 2 aromatic carbocycles. The van der Waals surface area contributed by atoms with Crippen molar-refractivity contribution in [3.63, 3.8) is 0 Å². The number of amides is 1. The van der Waals surface area contributed by atoms with Crippen LogP contribution in [-0.4, -0.2) is 45.9 Å². The summed E-state index contributed by atoms with van der Waals surface area (Å²) in [5, 5.41) is 2.53. The Morgan fingerprint density at radius 1 is 1.07 bits per heavy atom. The van der Waals surface area contributed by atoms with Gasteiger partial charge in [-0.3, -0.25) is 4.79 Å². The van der Waals surface area contributed by atoms with Gasteiger partial charge in [0, 0.05) is 25.7 Å². The zero-order chi connectivity index (χ0) is 20.9. The topological polar surface area (TPSA) is 75.7 Å². The van der Waals surface area contributed by atoms with Crippen LogP contribution in [0.1, 0.15) is 35.2 Å². The van der Waals surface area contributed by atoms with E-state index in [1.807, 2.05) is 12.1 Å². The fourth-order valence-electron chi connectivity index (χ4n) is 3.67. The molecule has 1 heterocycles. The Hall–Kier alpha value is -2.38. The van der Waals surface area contributed by atoms with Gasteiger partial charge in [0.15, 0.2) is 0 Å². The van der Waals surface area contributed by atoms with Crippen LogP contribution >= 0.6 is 0 Å². The molecule has 1 aliphatic heterocycles. The molecule has 1 aliphatic rings. The van der Waals surface area contributed by atoms with Gasteiger partial charge in [-0.1, -0.05) is 12.1 Å². The normalized spacial score (nSPS) is 15.8. The fraction of sp³-hybridized carbons (Fsp3) is 0.409. The highest BCUT2D eigenvalue weighted by Crippen LogP contribution is 2.27. The van der Waals surface area contributed by atoms with Gasteiger partial charge >= 0.3 is 0 Å². The number of carbonyl (C=O) groups is 1. The standard InChI is InChI=1S/C22H28N2O4S/c1-23-22(25)19-7-11-21(12-8-19)29(26,27)24-15-13-18(14-16-24)4-3-17-5-9-20(28-2)10-6-17/h5-12,18H,3-4,13-16H2,1-2H3,(H,23,25). The Balaban J connectivity index is 1.54. The first-order valence-electron chi connectivity index (χ1n) is 9.89. The first-order chi connectivity index (χ1) is 13.9. The highest BCUT2D eigenvalue weighted by molar-refractivity contribution is 7.89. The Morgan fingerprint density at radius 3 is 2.24 bits per heavy atom. The largest absolute Gasteiger partial charge is 0.497 e.